The summed E-state index contributed by atoms with van der Waals surface area (Å²) in [4.78, 5) is 17.6. The Hall–Kier alpha value is -3.49. The van der Waals surface area contributed by atoms with E-state index in [-0.39, 0.29) is 24.0 Å². The predicted molar refractivity (Wildman–Crippen MR) is 190 cm³/mol. The van der Waals surface area contributed by atoms with Gasteiger partial charge in [0.25, 0.3) is 0 Å². The molecule has 2 unspecified atom stereocenters. The number of hydrogen-bond donors (Lipinski definition) is 3. The number of nitrogens with one attached hydrogen (secondary N) is 1. The second kappa shape index (κ2) is 14.0. The number of rotatable bonds is 10. The van der Waals surface area contributed by atoms with Crippen LogP contribution in [0.3, 0.4) is 0 Å². The summed E-state index contributed by atoms with van der Waals surface area (Å²) >= 11 is 6.28. The van der Waals surface area contributed by atoms with Crippen molar-refractivity contribution in [3.63, 3.8) is 0 Å². The largest absolute Gasteiger partial charge is 0.493 e. The van der Waals surface area contributed by atoms with E-state index in [9.17, 15) is 15.0 Å². The van der Waals surface area contributed by atoms with Crippen LogP contribution in [-0.2, 0) is 23.1 Å². The number of nitrogens with zero attached hydrogens (tertiary/aromatic N) is 1. The normalized spacial score (nSPS) is 27.9. The van der Waals surface area contributed by atoms with E-state index in [0.717, 1.165) is 67.9 Å². The van der Waals surface area contributed by atoms with Crippen LogP contribution in [0.25, 0.3) is 0 Å². The fourth-order valence-corrected chi connectivity index (χ4v) is 9.40. The van der Waals surface area contributed by atoms with E-state index >= 15 is 0 Å². The highest BCUT2D eigenvalue weighted by Crippen LogP contribution is 2.58. The summed E-state index contributed by atoms with van der Waals surface area (Å²) in [5, 5.41) is 24.2. The van der Waals surface area contributed by atoms with Gasteiger partial charge in [-0.05, 0) is 128 Å². The summed E-state index contributed by atoms with van der Waals surface area (Å²) in [5.74, 6) is 2.68. The van der Waals surface area contributed by atoms with Gasteiger partial charge in [-0.1, -0.05) is 31.5 Å². The van der Waals surface area contributed by atoms with Crippen molar-refractivity contribution in [2.75, 3.05) is 25.1 Å². The topological polar surface area (TPSA) is 110 Å². The Bertz CT molecular complexity index is 1670. The second-order valence-corrected chi connectivity index (χ2v) is 15.5. The van der Waals surface area contributed by atoms with E-state index in [1.807, 2.05) is 24.4 Å². The van der Waals surface area contributed by atoms with Gasteiger partial charge in [0.15, 0.2) is 11.5 Å². The molecular formula is C40H49ClN2O6. The van der Waals surface area contributed by atoms with Crippen molar-refractivity contribution in [3.8, 4) is 17.2 Å². The van der Waals surface area contributed by atoms with Crippen LogP contribution < -0.4 is 19.5 Å². The number of halogens is 1. The summed E-state index contributed by atoms with van der Waals surface area (Å²) in [6, 6.07) is 13.7. The summed E-state index contributed by atoms with van der Waals surface area (Å²) in [6.07, 6.45) is 10.7. The van der Waals surface area contributed by atoms with Crippen molar-refractivity contribution in [1.29, 1.82) is 0 Å². The van der Waals surface area contributed by atoms with Crippen molar-refractivity contribution in [2.24, 2.45) is 11.8 Å². The number of anilines is 1. The Kier molecular flexibility index (Phi) is 9.73. The molecule has 3 aliphatic carbocycles. The first kappa shape index (κ1) is 34.0. The van der Waals surface area contributed by atoms with Gasteiger partial charge in [0.1, 0.15) is 17.4 Å². The Balaban J connectivity index is 1.16. The van der Waals surface area contributed by atoms with E-state index in [0.29, 0.717) is 49.3 Å². The number of hydrogen-bond acceptors (Lipinski definition) is 7. The minimum absolute atomic E-state index is 0.0752. The second-order valence-electron chi connectivity index (χ2n) is 15.0. The van der Waals surface area contributed by atoms with Gasteiger partial charge in [-0.25, -0.2) is 4.79 Å². The highest BCUT2D eigenvalue weighted by molar-refractivity contribution is 6.30. The van der Waals surface area contributed by atoms with Crippen LogP contribution in [0.4, 0.5) is 5.69 Å². The first-order chi connectivity index (χ1) is 23.7. The van der Waals surface area contributed by atoms with Crippen LogP contribution in [0.15, 0.2) is 48.7 Å². The average Bonchev–Trinajstić information content (AvgIpc) is 3.20. The zero-order valence-electron chi connectivity index (χ0n) is 28.7. The van der Waals surface area contributed by atoms with Crippen LogP contribution in [0, 0.1) is 11.8 Å². The zero-order valence-corrected chi connectivity index (χ0v) is 29.4. The molecule has 1 aromatic heterocycles. The van der Waals surface area contributed by atoms with Crippen molar-refractivity contribution in [2.45, 2.75) is 107 Å². The van der Waals surface area contributed by atoms with Gasteiger partial charge in [-0.15, -0.1) is 0 Å². The Labute approximate surface area is 294 Å². The molecular weight excluding hydrogens is 640 g/mol. The van der Waals surface area contributed by atoms with Gasteiger partial charge in [-0.2, -0.15) is 0 Å². The molecule has 7 rings (SSSR count). The van der Waals surface area contributed by atoms with Gasteiger partial charge in [0.2, 0.25) is 0 Å². The molecule has 4 aliphatic rings. The fourth-order valence-electron chi connectivity index (χ4n) is 9.21. The summed E-state index contributed by atoms with van der Waals surface area (Å²) in [6.45, 7) is 5.78. The number of aliphatic hydroxyl groups is 1. The molecule has 9 heteroatoms. The van der Waals surface area contributed by atoms with Gasteiger partial charge in [0.05, 0.1) is 13.2 Å². The Morgan fingerprint density at radius 1 is 1.14 bits per heavy atom. The van der Waals surface area contributed by atoms with Crippen LogP contribution in [-0.4, -0.2) is 52.6 Å². The van der Waals surface area contributed by atoms with Crippen molar-refractivity contribution in [1.82, 2.24) is 4.98 Å². The Morgan fingerprint density at radius 2 is 1.98 bits per heavy atom. The molecule has 0 bridgehead atoms. The van der Waals surface area contributed by atoms with Crippen LogP contribution >= 0.6 is 11.6 Å². The van der Waals surface area contributed by atoms with Crippen LogP contribution in [0.1, 0.15) is 99.9 Å². The molecule has 3 aromatic rings. The molecule has 1 aliphatic heterocycles. The third-order valence-electron chi connectivity index (χ3n) is 11.8. The van der Waals surface area contributed by atoms with Crippen molar-refractivity contribution < 1.29 is 29.2 Å². The van der Waals surface area contributed by atoms with Crippen LogP contribution in [0.5, 0.6) is 17.2 Å². The third kappa shape index (κ3) is 6.71. The van der Waals surface area contributed by atoms with E-state index in [1.165, 1.54) is 28.8 Å². The van der Waals surface area contributed by atoms with Gasteiger partial charge < -0.3 is 29.7 Å². The van der Waals surface area contributed by atoms with Gasteiger partial charge >= 0.3 is 5.97 Å². The lowest BCUT2D eigenvalue weighted by Crippen LogP contribution is -2.53. The number of ether oxygens (including phenoxy) is 3. The highest BCUT2D eigenvalue weighted by atomic mass is 35.5. The lowest BCUT2D eigenvalue weighted by atomic mass is 9.59. The summed E-state index contributed by atoms with van der Waals surface area (Å²) in [5.41, 5.74) is 4.42. The van der Waals surface area contributed by atoms with Gasteiger partial charge in [0, 0.05) is 47.6 Å². The Morgan fingerprint density at radius 3 is 2.76 bits per heavy atom. The smallest absolute Gasteiger partial charge is 0.329 e. The van der Waals surface area contributed by atoms with E-state index in [4.69, 9.17) is 25.8 Å². The molecule has 0 saturated heterocycles. The lowest BCUT2D eigenvalue weighted by Gasteiger charge is -2.47. The SMILES string of the molecule is C[C@@H](COc1ccnc2c1[C@H](C)CCC2)CC1Cc2cc3c(cc2C12CCC(Nc1cccc(Cl)c1)(C(=O)O)CC2)OCCC(CCO)O3. The maximum Gasteiger partial charge on any atom is 0.329 e. The zero-order chi connectivity index (χ0) is 34.2. The molecule has 262 valence electrons. The van der Waals surface area contributed by atoms with E-state index in [2.05, 4.69) is 36.3 Å². The van der Waals surface area contributed by atoms with Crippen molar-refractivity contribution >= 4 is 23.3 Å². The maximum atomic E-state index is 13.0. The molecule has 0 amide bonds. The molecule has 3 N–H and O–H groups in total. The molecule has 1 spiro atoms. The summed E-state index contributed by atoms with van der Waals surface area (Å²) < 4.78 is 19.2. The number of fused-ring (bicyclic) bond motifs is 4. The summed E-state index contributed by atoms with van der Waals surface area (Å²) in [7, 11) is 0. The number of aliphatic carboxylic acids is 1. The molecule has 4 atom stereocenters. The number of carboxylic acid groups (broad SMARTS) is 1. The number of benzene rings is 2. The first-order valence-electron chi connectivity index (χ1n) is 18.1. The molecule has 8 nitrogen and oxygen atoms in total. The molecule has 2 aromatic carbocycles. The quantitative estimate of drug-likeness (QED) is 0.196. The number of aryl methyl sites for hydroxylation is 1. The fraction of sp³-hybridized carbons (Fsp3) is 0.550. The molecule has 1 saturated carbocycles. The number of aromatic nitrogens is 1. The lowest BCUT2D eigenvalue weighted by molar-refractivity contribution is -0.144. The van der Waals surface area contributed by atoms with Crippen LogP contribution in [0.2, 0.25) is 5.02 Å². The molecule has 0 radical (unpaired) electrons. The standard InChI is InChI=1S/C40H49ClN2O6/c1-25(24-48-34-9-16-42-33-8-3-5-26(2)37(33)34)19-28-20-27-21-36-35(47-18-11-31(49-36)10-17-44)23-32(27)39(28)12-14-40(15-13-39,38(45)46)43-30-7-4-6-29(41)22-30/h4,6-7,9,16,21-23,25-26,28,31,43-44H,3,5,8,10-15,17-20,24H2,1-2H3,(H,45,46)/t25-,26-,28?,31?,39?,40?/m1/s1. The monoisotopic (exact) mass is 688 g/mol. The number of carboxylic acids is 1. The van der Waals surface area contributed by atoms with Gasteiger partial charge in [-0.3, -0.25) is 4.98 Å². The van der Waals surface area contributed by atoms with Crippen molar-refractivity contribution in [3.05, 3.63) is 76.1 Å². The maximum absolute atomic E-state index is 13.0. The molecule has 49 heavy (non-hydrogen) atoms. The first-order valence-corrected chi connectivity index (χ1v) is 18.5. The van der Waals surface area contributed by atoms with E-state index in [1.54, 1.807) is 12.1 Å². The highest BCUT2D eigenvalue weighted by Gasteiger charge is 2.54. The minimum Gasteiger partial charge on any atom is -0.493 e. The number of aliphatic hydroxyl groups excluding tert-OH is 1. The molecule has 1 fully saturated rings. The third-order valence-corrected chi connectivity index (χ3v) is 12.0. The molecule has 2 heterocycles. The predicted octanol–water partition coefficient (Wildman–Crippen LogP) is 8.11. The number of carbonyl (C=O) groups is 1. The minimum atomic E-state index is -1.09. The average molecular weight is 689 g/mol. The van der Waals surface area contributed by atoms with E-state index < -0.39 is 11.5 Å². The number of pyridine rings is 1.